The number of rotatable bonds is 5. The van der Waals surface area contributed by atoms with E-state index in [1.165, 1.54) is 13.8 Å². The molecule has 102 valence electrons. The summed E-state index contributed by atoms with van der Waals surface area (Å²) in [4.78, 5) is 0. The zero-order valence-electron chi connectivity index (χ0n) is 10.0. The zero-order chi connectivity index (χ0) is 13.9. The Balaban J connectivity index is 2.83. The summed E-state index contributed by atoms with van der Waals surface area (Å²) < 4.78 is 61.6. The van der Waals surface area contributed by atoms with E-state index in [-0.39, 0.29) is 17.2 Å². The van der Waals surface area contributed by atoms with E-state index >= 15 is 0 Å². The van der Waals surface area contributed by atoms with Crippen molar-refractivity contribution in [3.05, 3.63) is 29.6 Å². The summed E-state index contributed by atoms with van der Waals surface area (Å²) in [6.07, 6.45) is 0. The van der Waals surface area contributed by atoms with Gasteiger partial charge in [0.15, 0.2) is 27.3 Å². The second-order valence-corrected chi connectivity index (χ2v) is 6.37. The minimum Gasteiger partial charge on any atom is -0.379 e. The van der Waals surface area contributed by atoms with Gasteiger partial charge in [-0.15, -0.1) is 0 Å². The lowest BCUT2D eigenvalue weighted by molar-refractivity contribution is 0.448. The third kappa shape index (κ3) is 3.63. The molecule has 7 heteroatoms. The van der Waals surface area contributed by atoms with Gasteiger partial charge in [-0.1, -0.05) is 6.92 Å². The maximum atomic E-state index is 13.3. The third-order valence-electron chi connectivity index (χ3n) is 2.38. The van der Waals surface area contributed by atoms with Crippen LogP contribution in [-0.2, 0) is 9.84 Å². The number of hydrogen-bond acceptors (Lipinski definition) is 3. The van der Waals surface area contributed by atoms with E-state index in [1.54, 1.807) is 0 Å². The molecule has 3 nitrogen and oxygen atoms in total. The summed E-state index contributed by atoms with van der Waals surface area (Å²) in [5.74, 6) is -4.45. The molecule has 1 aromatic carbocycles. The fraction of sp³-hybridized carbons (Fsp3) is 0.455. The van der Waals surface area contributed by atoms with E-state index in [0.717, 1.165) is 12.1 Å². The summed E-state index contributed by atoms with van der Waals surface area (Å²) in [6, 6.07) is 1.21. The largest absolute Gasteiger partial charge is 0.379 e. The second-order valence-electron chi connectivity index (χ2n) is 3.97. The van der Waals surface area contributed by atoms with Crippen molar-refractivity contribution in [3.63, 3.8) is 0 Å². The van der Waals surface area contributed by atoms with Crippen molar-refractivity contribution in [2.75, 3.05) is 16.8 Å². The van der Waals surface area contributed by atoms with Gasteiger partial charge in [0.1, 0.15) is 0 Å². The van der Waals surface area contributed by atoms with Crippen LogP contribution in [0.4, 0.5) is 18.9 Å². The summed E-state index contributed by atoms with van der Waals surface area (Å²) in [5.41, 5.74) is -0.257. The molecule has 0 bridgehead atoms. The molecule has 1 aromatic rings. The Morgan fingerprint density at radius 3 is 2.39 bits per heavy atom. The molecule has 0 aliphatic rings. The van der Waals surface area contributed by atoms with Gasteiger partial charge in [-0.05, 0) is 19.1 Å². The molecule has 1 atom stereocenters. The van der Waals surface area contributed by atoms with Gasteiger partial charge < -0.3 is 5.32 Å². The quantitative estimate of drug-likeness (QED) is 0.843. The molecule has 18 heavy (non-hydrogen) atoms. The van der Waals surface area contributed by atoms with E-state index < -0.39 is 33.3 Å². The standard InChI is InChI=1S/C11H14F3NO2S/c1-3-18(16,17)6-7(2)15-9-5-4-8(12)10(13)11(9)14/h4-5,7,15H,3,6H2,1-2H3. The lowest BCUT2D eigenvalue weighted by atomic mass is 10.2. The SMILES string of the molecule is CCS(=O)(=O)CC(C)Nc1ccc(F)c(F)c1F. The first kappa shape index (κ1) is 14.8. The molecule has 0 fully saturated rings. The first-order valence-corrected chi connectivity index (χ1v) is 7.19. The Bertz CT molecular complexity index is 531. The van der Waals surface area contributed by atoms with Crippen molar-refractivity contribution in [1.29, 1.82) is 0 Å². The first-order valence-electron chi connectivity index (χ1n) is 5.37. The summed E-state index contributed by atoms with van der Waals surface area (Å²) >= 11 is 0. The normalized spacial score (nSPS) is 13.4. The number of sulfone groups is 1. The number of benzene rings is 1. The highest BCUT2D eigenvalue weighted by Gasteiger charge is 2.17. The molecule has 0 aliphatic carbocycles. The van der Waals surface area contributed by atoms with Crippen LogP contribution in [0.2, 0.25) is 0 Å². The van der Waals surface area contributed by atoms with Gasteiger partial charge in [0.25, 0.3) is 0 Å². The minimum absolute atomic E-state index is 0.0285. The molecule has 0 saturated carbocycles. The maximum absolute atomic E-state index is 13.3. The molecule has 1 rings (SSSR count). The van der Waals surface area contributed by atoms with Gasteiger partial charge in [-0.2, -0.15) is 0 Å². The van der Waals surface area contributed by atoms with Gasteiger partial charge in [-0.3, -0.25) is 0 Å². The minimum atomic E-state index is -3.22. The van der Waals surface area contributed by atoms with E-state index in [9.17, 15) is 21.6 Å². The highest BCUT2D eigenvalue weighted by Crippen LogP contribution is 2.20. The Hall–Kier alpha value is -1.24. The zero-order valence-corrected chi connectivity index (χ0v) is 10.8. The molecular weight excluding hydrogens is 267 g/mol. The van der Waals surface area contributed by atoms with Crippen LogP contribution < -0.4 is 5.32 Å². The van der Waals surface area contributed by atoms with Crippen LogP contribution in [0.5, 0.6) is 0 Å². The monoisotopic (exact) mass is 281 g/mol. The molecule has 0 radical (unpaired) electrons. The lowest BCUT2D eigenvalue weighted by Gasteiger charge is -2.15. The predicted octanol–water partition coefficient (Wildman–Crippen LogP) is 2.34. The number of anilines is 1. The molecule has 1 N–H and O–H groups in total. The maximum Gasteiger partial charge on any atom is 0.196 e. The lowest BCUT2D eigenvalue weighted by Crippen LogP contribution is -2.27. The van der Waals surface area contributed by atoms with Crippen LogP contribution in [0.15, 0.2) is 12.1 Å². The van der Waals surface area contributed by atoms with Crippen molar-refractivity contribution in [2.24, 2.45) is 0 Å². The number of hydrogen-bond donors (Lipinski definition) is 1. The fourth-order valence-electron chi connectivity index (χ4n) is 1.44. The van der Waals surface area contributed by atoms with E-state index in [0.29, 0.717) is 0 Å². The first-order chi connectivity index (χ1) is 8.26. The van der Waals surface area contributed by atoms with Crippen molar-refractivity contribution >= 4 is 15.5 Å². The Labute approximate surface area is 104 Å². The predicted molar refractivity (Wildman–Crippen MR) is 63.7 cm³/mol. The Kier molecular flexibility index (Phi) is 4.61. The van der Waals surface area contributed by atoms with Crippen LogP contribution in [0.1, 0.15) is 13.8 Å². The molecule has 0 heterocycles. The van der Waals surface area contributed by atoms with E-state index in [2.05, 4.69) is 5.32 Å². The summed E-state index contributed by atoms with van der Waals surface area (Å²) in [6.45, 7) is 3.02. The van der Waals surface area contributed by atoms with E-state index in [4.69, 9.17) is 0 Å². The highest BCUT2D eigenvalue weighted by atomic mass is 32.2. The van der Waals surface area contributed by atoms with Gasteiger partial charge in [0.2, 0.25) is 0 Å². The summed E-state index contributed by atoms with van der Waals surface area (Å²) in [7, 11) is -3.22. The second kappa shape index (κ2) is 5.60. The van der Waals surface area contributed by atoms with Crippen LogP contribution >= 0.6 is 0 Å². The van der Waals surface area contributed by atoms with Crippen LogP contribution in [-0.4, -0.2) is 26.0 Å². The molecule has 1 unspecified atom stereocenters. The number of nitrogens with one attached hydrogen (secondary N) is 1. The van der Waals surface area contributed by atoms with Crippen LogP contribution in [0.3, 0.4) is 0 Å². The van der Waals surface area contributed by atoms with Gasteiger partial charge in [0, 0.05) is 11.8 Å². The summed E-state index contributed by atoms with van der Waals surface area (Å²) in [5, 5.41) is 2.51. The van der Waals surface area contributed by atoms with Gasteiger partial charge >= 0.3 is 0 Å². The molecule has 0 aliphatic heterocycles. The highest BCUT2D eigenvalue weighted by molar-refractivity contribution is 7.91. The molecule has 0 saturated heterocycles. The average Bonchev–Trinajstić information content (AvgIpc) is 2.29. The molecule has 0 aromatic heterocycles. The van der Waals surface area contributed by atoms with Crippen molar-refractivity contribution in [3.8, 4) is 0 Å². The average molecular weight is 281 g/mol. The van der Waals surface area contributed by atoms with Crippen molar-refractivity contribution < 1.29 is 21.6 Å². The Morgan fingerprint density at radius 2 is 1.83 bits per heavy atom. The molecule has 0 amide bonds. The third-order valence-corrected chi connectivity index (χ3v) is 4.27. The molecular formula is C11H14F3NO2S. The van der Waals surface area contributed by atoms with Crippen molar-refractivity contribution in [2.45, 2.75) is 19.9 Å². The molecule has 0 spiro atoms. The van der Waals surface area contributed by atoms with Gasteiger partial charge in [-0.25, -0.2) is 21.6 Å². The number of halogens is 3. The van der Waals surface area contributed by atoms with Crippen LogP contribution in [0.25, 0.3) is 0 Å². The van der Waals surface area contributed by atoms with Gasteiger partial charge in [0.05, 0.1) is 11.4 Å². The van der Waals surface area contributed by atoms with Crippen molar-refractivity contribution in [1.82, 2.24) is 0 Å². The van der Waals surface area contributed by atoms with Crippen LogP contribution in [0, 0.1) is 17.5 Å². The van der Waals surface area contributed by atoms with E-state index in [1.807, 2.05) is 0 Å². The fourth-order valence-corrected chi connectivity index (χ4v) is 2.52. The topological polar surface area (TPSA) is 46.2 Å². The Morgan fingerprint density at radius 1 is 1.22 bits per heavy atom. The smallest absolute Gasteiger partial charge is 0.196 e.